The highest BCUT2D eigenvalue weighted by Gasteiger charge is 2.37. The van der Waals surface area contributed by atoms with Crippen LogP contribution in [-0.2, 0) is 23.9 Å². The topological polar surface area (TPSA) is 128 Å². The zero-order chi connectivity index (χ0) is 30.0. The highest BCUT2D eigenvalue weighted by Crippen LogP contribution is 2.24. The molecule has 1 aromatic heterocycles. The van der Waals surface area contributed by atoms with Crippen molar-refractivity contribution in [3.05, 3.63) is 35.6 Å². The van der Waals surface area contributed by atoms with Crippen molar-refractivity contribution in [2.24, 2.45) is 23.7 Å². The molecule has 2 amide bonds. The number of oxazole rings is 1. The van der Waals surface area contributed by atoms with Gasteiger partial charge in [-0.25, -0.2) is 9.78 Å². The first kappa shape index (κ1) is 33.0. The molecule has 7 atom stereocenters. The smallest absolute Gasteiger partial charge is 0.329 e. The monoisotopic (exact) mass is 557 g/mol. The molecule has 0 spiro atoms. The first-order valence-corrected chi connectivity index (χ1v) is 14.4. The van der Waals surface area contributed by atoms with Crippen molar-refractivity contribution in [3.8, 4) is 0 Å². The van der Waals surface area contributed by atoms with Crippen LogP contribution in [0.3, 0.4) is 0 Å². The molecule has 2 heterocycles. The third-order valence-corrected chi connectivity index (χ3v) is 7.80. The standard InChI is InChI=1S/C31H47N3O6/c1-9-21(6)28-30(37)34-29(22(7)10-2)31(38)40-26(23(8)25(35)15-27(36)33-28)14-20(5)12-18(3)11-19(4)13-24-16-39-17-32-24/h13-14,16-18,21-23,26,28-29H,9-12,15H2,1-8H3,(H,33,36)(H,34,37). The molecule has 0 bridgehead atoms. The van der Waals surface area contributed by atoms with Crippen molar-refractivity contribution in [2.45, 2.75) is 106 Å². The number of aromatic nitrogens is 1. The number of hydrogen-bond acceptors (Lipinski definition) is 7. The lowest BCUT2D eigenvalue weighted by molar-refractivity contribution is -0.156. The van der Waals surface area contributed by atoms with Gasteiger partial charge in [0, 0.05) is 0 Å². The minimum Gasteiger partial charge on any atom is -0.456 e. The van der Waals surface area contributed by atoms with Gasteiger partial charge in [-0.15, -0.1) is 0 Å². The van der Waals surface area contributed by atoms with Crippen molar-refractivity contribution in [2.75, 3.05) is 0 Å². The number of cyclic esters (lactones) is 1. The van der Waals surface area contributed by atoms with E-state index in [0.717, 1.165) is 29.7 Å². The van der Waals surface area contributed by atoms with E-state index in [1.165, 1.54) is 6.39 Å². The molecule has 222 valence electrons. The summed E-state index contributed by atoms with van der Waals surface area (Å²) in [6, 6.07) is -1.75. The van der Waals surface area contributed by atoms with Crippen LogP contribution >= 0.6 is 0 Å². The van der Waals surface area contributed by atoms with E-state index in [2.05, 4.69) is 22.5 Å². The molecule has 1 aliphatic heterocycles. The Hall–Kier alpha value is -3.23. The molecule has 2 N–H and O–H groups in total. The average Bonchev–Trinajstić information content (AvgIpc) is 3.40. The molecule has 9 heteroatoms. The van der Waals surface area contributed by atoms with E-state index < -0.39 is 41.9 Å². The van der Waals surface area contributed by atoms with Crippen molar-refractivity contribution in [1.29, 1.82) is 0 Å². The van der Waals surface area contributed by atoms with Crippen molar-refractivity contribution in [3.63, 3.8) is 0 Å². The molecular weight excluding hydrogens is 510 g/mol. The highest BCUT2D eigenvalue weighted by molar-refractivity contribution is 6.01. The Morgan fingerprint density at radius 1 is 1.00 bits per heavy atom. The van der Waals surface area contributed by atoms with E-state index in [1.807, 2.05) is 53.7 Å². The van der Waals surface area contributed by atoms with Crippen LogP contribution in [0.25, 0.3) is 6.08 Å². The summed E-state index contributed by atoms with van der Waals surface area (Å²) >= 11 is 0. The van der Waals surface area contributed by atoms with Gasteiger partial charge >= 0.3 is 5.97 Å². The Bertz CT molecular complexity index is 1080. The van der Waals surface area contributed by atoms with E-state index in [0.29, 0.717) is 12.8 Å². The van der Waals surface area contributed by atoms with Crippen molar-refractivity contribution in [1.82, 2.24) is 15.6 Å². The number of ketones is 1. The average molecular weight is 558 g/mol. The Kier molecular flexibility index (Phi) is 12.8. The fourth-order valence-electron chi connectivity index (χ4n) is 4.95. The summed E-state index contributed by atoms with van der Waals surface area (Å²) in [6.45, 7) is 15.4. The van der Waals surface area contributed by atoms with Gasteiger partial charge < -0.3 is 19.8 Å². The minimum atomic E-state index is -0.901. The maximum absolute atomic E-state index is 13.5. The number of carbonyl (C=O) groups excluding carboxylic acids is 4. The maximum atomic E-state index is 13.5. The molecule has 0 radical (unpaired) electrons. The summed E-state index contributed by atoms with van der Waals surface area (Å²) in [5, 5.41) is 5.58. The molecule has 7 unspecified atom stereocenters. The van der Waals surface area contributed by atoms with Gasteiger partial charge in [0.05, 0.1) is 12.3 Å². The van der Waals surface area contributed by atoms with Crippen LogP contribution in [-0.4, -0.2) is 46.7 Å². The van der Waals surface area contributed by atoms with Gasteiger partial charge in [-0.05, 0) is 56.6 Å². The molecule has 40 heavy (non-hydrogen) atoms. The van der Waals surface area contributed by atoms with Crippen LogP contribution in [0, 0.1) is 23.7 Å². The molecule has 2 rings (SSSR count). The Morgan fingerprint density at radius 2 is 1.62 bits per heavy atom. The molecule has 0 aromatic carbocycles. The van der Waals surface area contributed by atoms with E-state index >= 15 is 0 Å². The van der Waals surface area contributed by atoms with Crippen LogP contribution in [0.2, 0.25) is 0 Å². The van der Waals surface area contributed by atoms with Crippen LogP contribution < -0.4 is 10.6 Å². The second kappa shape index (κ2) is 15.5. The van der Waals surface area contributed by atoms with Gasteiger partial charge in [-0.1, -0.05) is 65.5 Å². The second-order valence-corrected chi connectivity index (χ2v) is 11.6. The third kappa shape index (κ3) is 9.75. The fourth-order valence-corrected chi connectivity index (χ4v) is 4.95. The second-order valence-electron chi connectivity index (χ2n) is 11.6. The van der Waals surface area contributed by atoms with Gasteiger partial charge in [-0.3, -0.25) is 14.4 Å². The number of esters is 1. The summed E-state index contributed by atoms with van der Waals surface area (Å²) in [7, 11) is 0. The molecule has 1 fully saturated rings. The van der Waals surface area contributed by atoms with Crippen LogP contribution in [0.1, 0.15) is 93.2 Å². The van der Waals surface area contributed by atoms with Gasteiger partial charge in [-0.2, -0.15) is 0 Å². The molecular formula is C31H47N3O6. The van der Waals surface area contributed by atoms with E-state index in [1.54, 1.807) is 13.2 Å². The van der Waals surface area contributed by atoms with Crippen molar-refractivity contribution >= 4 is 29.6 Å². The quantitative estimate of drug-likeness (QED) is 0.235. The van der Waals surface area contributed by atoms with Crippen LogP contribution in [0.4, 0.5) is 0 Å². The van der Waals surface area contributed by atoms with Crippen molar-refractivity contribution < 1.29 is 28.3 Å². The maximum Gasteiger partial charge on any atom is 0.329 e. The number of ether oxygens (including phenoxy) is 1. The number of carbonyl (C=O) groups is 4. The summed E-state index contributed by atoms with van der Waals surface area (Å²) in [4.78, 5) is 56.8. The lowest BCUT2D eigenvalue weighted by atomic mass is 9.90. The van der Waals surface area contributed by atoms with Gasteiger partial charge in [0.15, 0.2) is 6.39 Å². The number of Topliss-reactive ketones (excluding diaryl/α,β-unsaturated/α-hetero) is 1. The Morgan fingerprint density at radius 3 is 2.23 bits per heavy atom. The molecule has 1 aliphatic rings. The third-order valence-electron chi connectivity index (χ3n) is 7.80. The van der Waals surface area contributed by atoms with Crippen LogP contribution in [0.15, 0.2) is 34.3 Å². The summed E-state index contributed by atoms with van der Waals surface area (Å²) in [5.41, 5.74) is 2.90. The first-order valence-electron chi connectivity index (χ1n) is 14.4. The van der Waals surface area contributed by atoms with E-state index in [-0.39, 0.29) is 30.0 Å². The van der Waals surface area contributed by atoms with Gasteiger partial charge in [0.1, 0.15) is 35.9 Å². The molecule has 0 saturated carbocycles. The summed E-state index contributed by atoms with van der Waals surface area (Å²) in [5.74, 6) is -2.71. The Balaban J connectivity index is 2.30. The van der Waals surface area contributed by atoms with Crippen LogP contribution in [0.5, 0.6) is 0 Å². The molecule has 9 nitrogen and oxygen atoms in total. The SMILES string of the molecule is CCC(C)C1NC(=O)CC(=O)C(C)C(C=C(C)CC(C)CC(C)=Cc2cocn2)OC(=O)C(C(C)CC)NC1=O. The number of nitrogens with zero attached hydrogens (tertiary/aromatic N) is 1. The molecule has 1 aromatic rings. The minimum absolute atomic E-state index is 0.178. The highest BCUT2D eigenvalue weighted by atomic mass is 16.5. The van der Waals surface area contributed by atoms with E-state index in [4.69, 9.17) is 9.15 Å². The summed E-state index contributed by atoms with van der Waals surface area (Å²) in [6.07, 6.45) is 8.36. The largest absolute Gasteiger partial charge is 0.456 e. The lowest BCUT2D eigenvalue weighted by Crippen LogP contribution is -2.57. The predicted molar refractivity (Wildman–Crippen MR) is 154 cm³/mol. The zero-order valence-corrected chi connectivity index (χ0v) is 25.3. The van der Waals surface area contributed by atoms with E-state index in [9.17, 15) is 19.2 Å². The lowest BCUT2D eigenvalue weighted by Gasteiger charge is -2.31. The zero-order valence-electron chi connectivity index (χ0n) is 25.3. The van der Waals surface area contributed by atoms with Gasteiger partial charge in [0.2, 0.25) is 11.8 Å². The predicted octanol–water partition coefficient (Wildman–Crippen LogP) is 5.02. The fraction of sp³-hybridized carbons (Fsp3) is 0.645. The molecule has 0 aliphatic carbocycles. The Labute approximate surface area is 238 Å². The number of amides is 2. The number of allylic oxidation sites excluding steroid dienone is 2. The first-order chi connectivity index (χ1) is 18.9. The normalized spacial score (nSPS) is 26.1. The number of nitrogens with one attached hydrogen (secondary N) is 2. The summed E-state index contributed by atoms with van der Waals surface area (Å²) < 4.78 is 11.0. The van der Waals surface area contributed by atoms with Gasteiger partial charge in [0.25, 0.3) is 0 Å². The number of rotatable bonds is 10. The number of hydrogen-bond donors (Lipinski definition) is 2. The molecule has 1 saturated heterocycles.